The van der Waals surface area contributed by atoms with E-state index in [0.29, 0.717) is 54.0 Å². The average molecular weight is 617 g/mol. The number of nitrogen functional groups attached to an aromatic ring is 2. The van der Waals surface area contributed by atoms with E-state index in [9.17, 15) is 4.79 Å². The van der Waals surface area contributed by atoms with E-state index in [1.54, 1.807) is 0 Å². The second-order valence-electron chi connectivity index (χ2n) is 15.5. The Hall–Kier alpha value is -2.89. The zero-order valence-electron chi connectivity index (χ0n) is 28.0. The van der Waals surface area contributed by atoms with Crippen LogP contribution in [-0.4, -0.2) is 24.8 Å². The number of carbonyl (C=O) groups excluding carboxylic acids is 1. The van der Waals surface area contributed by atoms with Crippen LogP contribution in [0.2, 0.25) is 0 Å². The fourth-order valence-electron chi connectivity index (χ4n) is 10.8. The molecule has 6 heteroatoms. The maximum absolute atomic E-state index is 12.3. The summed E-state index contributed by atoms with van der Waals surface area (Å²) in [6.45, 7) is 10.1. The third kappa shape index (κ3) is 6.40. The summed E-state index contributed by atoms with van der Waals surface area (Å²) >= 11 is 0. The first-order valence-electron chi connectivity index (χ1n) is 17.8. The Morgan fingerprint density at radius 3 is 2.22 bits per heavy atom. The summed E-state index contributed by atoms with van der Waals surface area (Å²) in [5.74, 6) is 5.35. The molecule has 4 N–H and O–H groups in total. The van der Waals surface area contributed by atoms with Gasteiger partial charge in [0.2, 0.25) is 0 Å². The maximum Gasteiger partial charge on any atom is 0.305 e. The number of carbonyl (C=O) groups is 1. The normalized spacial score (nSPS) is 36.2. The molecule has 0 spiro atoms. The number of esters is 1. The molecule has 0 aliphatic heterocycles. The number of fused-ring (bicyclic) bond motifs is 5. The smallest absolute Gasteiger partial charge is 0.305 e. The van der Waals surface area contributed by atoms with Gasteiger partial charge in [0.15, 0.2) is 0 Å². The second kappa shape index (κ2) is 13.1. The highest BCUT2D eigenvalue weighted by Gasteiger charge is 2.63. The molecule has 4 aliphatic rings. The Bertz CT molecular complexity index is 1330. The van der Waals surface area contributed by atoms with Crippen LogP contribution in [0.5, 0.6) is 11.5 Å². The van der Waals surface area contributed by atoms with Crippen LogP contribution < -0.4 is 20.9 Å². The van der Waals surface area contributed by atoms with Gasteiger partial charge in [0, 0.05) is 35.8 Å². The lowest BCUT2D eigenvalue weighted by molar-refractivity contribution is -0.164. The van der Waals surface area contributed by atoms with Crippen molar-refractivity contribution in [3.63, 3.8) is 0 Å². The van der Waals surface area contributed by atoms with Gasteiger partial charge < -0.3 is 25.7 Å². The van der Waals surface area contributed by atoms with Crippen LogP contribution in [0.1, 0.15) is 98.3 Å². The van der Waals surface area contributed by atoms with E-state index in [4.69, 9.17) is 25.7 Å². The lowest BCUT2D eigenvalue weighted by Crippen LogP contribution is -2.59. The van der Waals surface area contributed by atoms with E-state index in [0.717, 1.165) is 61.4 Å². The van der Waals surface area contributed by atoms with Crippen molar-refractivity contribution in [1.29, 1.82) is 0 Å². The van der Waals surface area contributed by atoms with Gasteiger partial charge >= 0.3 is 5.97 Å². The Morgan fingerprint density at radius 1 is 0.867 bits per heavy atom. The molecule has 246 valence electrons. The lowest BCUT2D eigenvalue weighted by atomic mass is 9.43. The predicted molar refractivity (Wildman–Crippen MR) is 181 cm³/mol. The standard InChI is InChI=1S/C39H56N2O4/c1-5-20-43-37(42)15-12-25(2)32-13-14-33-31-24-36(45-29-11-7-9-27(41)22-29)35-23-30(44-28-10-6-8-26(40)21-28)16-18-39(35,4)34(31)17-19-38(32,33)3/h6-11,21-22,25,30-36H,5,12-20,23-24,40-41H2,1-4H3/t25-,30?,31+,32-,33+,34+,35?,36?,38-,39-/m1/s1. The Balaban J connectivity index is 1.22. The predicted octanol–water partition coefficient (Wildman–Crippen LogP) is 8.68. The number of rotatable bonds is 10. The summed E-state index contributed by atoms with van der Waals surface area (Å²) in [4.78, 5) is 12.3. The molecular formula is C39H56N2O4. The van der Waals surface area contributed by atoms with Crippen LogP contribution in [0.25, 0.3) is 0 Å². The van der Waals surface area contributed by atoms with Crippen molar-refractivity contribution < 1.29 is 19.0 Å². The molecule has 10 atom stereocenters. The Kier molecular flexibility index (Phi) is 9.32. The maximum atomic E-state index is 12.3. The number of hydrogen-bond donors (Lipinski definition) is 2. The summed E-state index contributed by atoms with van der Waals surface area (Å²) in [7, 11) is 0. The summed E-state index contributed by atoms with van der Waals surface area (Å²) in [5.41, 5.74) is 14.3. The zero-order valence-corrected chi connectivity index (χ0v) is 28.0. The minimum Gasteiger partial charge on any atom is -0.490 e. The van der Waals surface area contributed by atoms with Crippen molar-refractivity contribution >= 4 is 17.3 Å². The van der Waals surface area contributed by atoms with Crippen LogP contribution in [0.3, 0.4) is 0 Å². The molecule has 0 aromatic heterocycles. The van der Waals surface area contributed by atoms with Crippen molar-refractivity contribution in [3.8, 4) is 11.5 Å². The van der Waals surface area contributed by atoms with Crippen molar-refractivity contribution in [2.45, 2.75) is 111 Å². The van der Waals surface area contributed by atoms with Gasteiger partial charge in [0.1, 0.15) is 17.6 Å². The first kappa shape index (κ1) is 32.1. The highest BCUT2D eigenvalue weighted by atomic mass is 16.5. The molecule has 6 nitrogen and oxygen atoms in total. The van der Waals surface area contributed by atoms with Crippen molar-refractivity contribution in [2.75, 3.05) is 18.1 Å². The average Bonchev–Trinajstić information content (AvgIpc) is 3.37. The van der Waals surface area contributed by atoms with Gasteiger partial charge in [-0.2, -0.15) is 0 Å². The molecular weight excluding hydrogens is 560 g/mol. The molecule has 2 aromatic rings. The van der Waals surface area contributed by atoms with E-state index < -0.39 is 0 Å². The molecule has 6 rings (SSSR count). The fourth-order valence-corrected chi connectivity index (χ4v) is 10.8. The summed E-state index contributed by atoms with van der Waals surface area (Å²) in [6, 6.07) is 15.8. The molecule has 45 heavy (non-hydrogen) atoms. The summed E-state index contributed by atoms with van der Waals surface area (Å²) < 4.78 is 19.0. The number of anilines is 2. The monoisotopic (exact) mass is 616 g/mol. The minimum atomic E-state index is -0.0322. The molecule has 0 heterocycles. The highest BCUT2D eigenvalue weighted by molar-refractivity contribution is 5.69. The van der Waals surface area contributed by atoms with E-state index in [-0.39, 0.29) is 23.6 Å². The van der Waals surface area contributed by atoms with E-state index in [1.165, 1.54) is 25.7 Å². The van der Waals surface area contributed by atoms with Gasteiger partial charge in [-0.3, -0.25) is 4.79 Å². The molecule has 0 saturated heterocycles. The van der Waals surface area contributed by atoms with Crippen molar-refractivity contribution in [1.82, 2.24) is 0 Å². The molecule has 4 saturated carbocycles. The quantitative estimate of drug-likeness (QED) is 0.205. The van der Waals surface area contributed by atoms with Gasteiger partial charge in [0.05, 0.1) is 12.7 Å². The molecule has 4 fully saturated rings. The van der Waals surface area contributed by atoms with E-state index in [2.05, 4.69) is 26.8 Å². The largest absolute Gasteiger partial charge is 0.490 e. The number of nitrogens with two attached hydrogens (primary N) is 2. The SMILES string of the molecule is CCCOC(=O)CC[C@@H](C)[C@H]1CC[C@H]2[C@@H]3CC(Oc4cccc(N)c4)C4CC(Oc5cccc(N)c5)CC[C@]4(C)[C@H]3CC[C@]12C. The van der Waals surface area contributed by atoms with Gasteiger partial charge in [-0.25, -0.2) is 0 Å². The first-order valence-corrected chi connectivity index (χ1v) is 17.8. The summed E-state index contributed by atoms with van der Waals surface area (Å²) in [5, 5.41) is 0. The summed E-state index contributed by atoms with van der Waals surface area (Å²) in [6.07, 6.45) is 12.1. The second-order valence-corrected chi connectivity index (χ2v) is 15.5. The van der Waals surface area contributed by atoms with E-state index in [1.807, 2.05) is 49.4 Å². The van der Waals surface area contributed by atoms with Crippen molar-refractivity contribution in [3.05, 3.63) is 48.5 Å². The Morgan fingerprint density at radius 2 is 1.53 bits per heavy atom. The van der Waals surface area contributed by atoms with Crippen molar-refractivity contribution in [2.24, 2.45) is 46.3 Å². The zero-order chi connectivity index (χ0) is 31.8. The number of hydrogen-bond acceptors (Lipinski definition) is 6. The highest BCUT2D eigenvalue weighted by Crippen LogP contribution is 2.68. The number of benzene rings is 2. The fraction of sp³-hybridized carbons (Fsp3) is 0.667. The van der Waals surface area contributed by atoms with E-state index >= 15 is 0 Å². The van der Waals surface area contributed by atoms with Crippen LogP contribution in [-0.2, 0) is 9.53 Å². The van der Waals surface area contributed by atoms with Crippen LogP contribution in [0.15, 0.2) is 48.5 Å². The van der Waals surface area contributed by atoms with Crippen LogP contribution >= 0.6 is 0 Å². The van der Waals surface area contributed by atoms with Gasteiger partial charge in [-0.1, -0.05) is 39.8 Å². The third-order valence-electron chi connectivity index (χ3n) is 12.9. The molecule has 4 aliphatic carbocycles. The van der Waals surface area contributed by atoms with Crippen LogP contribution in [0, 0.1) is 46.3 Å². The Labute approximate surface area is 271 Å². The number of ether oxygens (including phenoxy) is 3. The topological polar surface area (TPSA) is 96.8 Å². The van der Waals surface area contributed by atoms with Gasteiger partial charge in [-0.05, 0) is 129 Å². The lowest BCUT2D eigenvalue weighted by Gasteiger charge is -2.63. The molecule has 3 unspecified atom stereocenters. The van der Waals surface area contributed by atoms with Gasteiger partial charge in [0.25, 0.3) is 0 Å². The molecule has 0 bridgehead atoms. The third-order valence-corrected chi connectivity index (χ3v) is 12.9. The molecule has 0 amide bonds. The molecule has 0 radical (unpaired) electrons. The minimum absolute atomic E-state index is 0.0322. The van der Waals surface area contributed by atoms with Crippen LogP contribution in [0.4, 0.5) is 11.4 Å². The molecule has 2 aromatic carbocycles. The first-order chi connectivity index (χ1) is 21.6. The van der Waals surface area contributed by atoms with Gasteiger partial charge in [-0.15, -0.1) is 0 Å².